The average molecular weight is 362 g/mol. The molecular weight excluding hydrogens is 338 g/mol. The van der Waals surface area contributed by atoms with Gasteiger partial charge in [0.2, 0.25) is 0 Å². The largest absolute Gasteiger partial charge is 0.369 e. The number of thiol groups is 1. The van der Waals surface area contributed by atoms with Gasteiger partial charge in [-0.1, -0.05) is 26.2 Å². The Hall–Kier alpha value is 0.610. The standard InChI is InChI=1S/C11H24O7P2S/c1-8(21)5-9-3-2-4-10(6-9)7-11(12,19(13,14)15)20(16,17)18/h8-10,12,21H,2-7H2,1H3,(H2,13,14,15)(H2,16,17,18). The van der Waals surface area contributed by atoms with Crippen molar-refractivity contribution >= 4 is 27.8 Å². The van der Waals surface area contributed by atoms with Crippen LogP contribution in [0.5, 0.6) is 0 Å². The third-order valence-corrected chi connectivity index (χ3v) is 8.07. The molecule has 0 spiro atoms. The molecule has 0 aromatic carbocycles. The molecule has 1 rings (SSSR count). The summed E-state index contributed by atoms with van der Waals surface area (Å²) in [5, 5.41) is 6.88. The van der Waals surface area contributed by atoms with Gasteiger partial charge in [-0.15, -0.1) is 0 Å². The van der Waals surface area contributed by atoms with Crippen molar-refractivity contribution in [1.82, 2.24) is 0 Å². The van der Waals surface area contributed by atoms with E-state index >= 15 is 0 Å². The van der Waals surface area contributed by atoms with Crippen LogP contribution < -0.4 is 0 Å². The Morgan fingerprint density at radius 1 is 1.14 bits per heavy atom. The molecule has 1 aliphatic rings. The molecule has 0 aromatic rings. The fourth-order valence-corrected chi connectivity index (χ4v) is 5.73. The summed E-state index contributed by atoms with van der Waals surface area (Å²) in [6.45, 7) is 1.95. The van der Waals surface area contributed by atoms with Crippen LogP contribution in [0.2, 0.25) is 0 Å². The lowest BCUT2D eigenvalue weighted by atomic mass is 9.78. The molecule has 0 saturated heterocycles. The molecule has 1 aliphatic carbocycles. The van der Waals surface area contributed by atoms with Crippen molar-refractivity contribution in [2.24, 2.45) is 11.8 Å². The Morgan fingerprint density at radius 3 is 2.05 bits per heavy atom. The summed E-state index contributed by atoms with van der Waals surface area (Å²) in [7, 11) is -10.7. The number of hydrogen-bond donors (Lipinski definition) is 6. The monoisotopic (exact) mass is 362 g/mol. The molecule has 3 atom stereocenters. The van der Waals surface area contributed by atoms with Gasteiger partial charge in [-0.05, 0) is 29.9 Å². The fraction of sp³-hybridized carbons (Fsp3) is 1.00. The van der Waals surface area contributed by atoms with Crippen LogP contribution in [0.4, 0.5) is 0 Å². The lowest BCUT2D eigenvalue weighted by molar-refractivity contribution is 0.0909. The van der Waals surface area contributed by atoms with E-state index < -0.39 is 26.7 Å². The van der Waals surface area contributed by atoms with Gasteiger partial charge in [-0.3, -0.25) is 9.13 Å². The van der Waals surface area contributed by atoms with Crippen LogP contribution >= 0.6 is 27.8 Å². The Labute approximate surface area is 129 Å². The topological polar surface area (TPSA) is 135 Å². The summed E-state index contributed by atoms with van der Waals surface area (Å²) >= 11 is 4.32. The Kier molecular flexibility index (Phi) is 6.57. The van der Waals surface area contributed by atoms with Gasteiger partial charge in [0.1, 0.15) is 0 Å². The first kappa shape index (κ1) is 19.7. The summed E-state index contributed by atoms with van der Waals surface area (Å²) in [5.74, 6) is -0.0184. The zero-order valence-electron chi connectivity index (χ0n) is 11.9. The van der Waals surface area contributed by atoms with Gasteiger partial charge in [-0.2, -0.15) is 12.6 Å². The third kappa shape index (κ3) is 5.05. The summed E-state index contributed by atoms with van der Waals surface area (Å²) in [5.41, 5.74) is 0. The molecule has 5 N–H and O–H groups in total. The molecule has 0 radical (unpaired) electrons. The Bertz CT molecular complexity index is 422. The lowest BCUT2D eigenvalue weighted by Crippen LogP contribution is -2.33. The molecular formula is C11H24O7P2S. The molecule has 1 fully saturated rings. The van der Waals surface area contributed by atoms with Crippen LogP contribution in [0.15, 0.2) is 0 Å². The van der Waals surface area contributed by atoms with Crippen LogP contribution in [-0.4, -0.2) is 35.0 Å². The van der Waals surface area contributed by atoms with Crippen LogP contribution in [0, 0.1) is 11.8 Å². The SMILES string of the molecule is CC(S)CC1CCCC(CC(O)(P(=O)(O)O)P(=O)(O)O)C1. The van der Waals surface area contributed by atoms with Crippen molar-refractivity contribution in [3.63, 3.8) is 0 Å². The van der Waals surface area contributed by atoms with Crippen molar-refractivity contribution < 1.29 is 33.8 Å². The Balaban J connectivity index is 2.86. The minimum atomic E-state index is -5.35. The van der Waals surface area contributed by atoms with E-state index in [1.807, 2.05) is 6.92 Å². The van der Waals surface area contributed by atoms with E-state index in [0.717, 1.165) is 19.3 Å². The van der Waals surface area contributed by atoms with E-state index in [1.165, 1.54) is 0 Å². The van der Waals surface area contributed by atoms with Gasteiger partial charge < -0.3 is 24.7 Å². The smallest absolute Gasteiger partial charge is 0.368 e. The molecule has 1 saturated carbocycles. The second kappa shape index (κ2) is 7.02. The fourth-order valence-electron chi connectivity index (χ4n) is 3.08. The summed E-state index contributed by atoms with van der Waals surface area (Å²) in [6, 6.07) is 0. The van der Waals surface area contributed by atoms with E-state index in [0.29, 0.717) is 18.8 Å². The van der Waals surface area contributed by atoms with Gasteiger partial charge in [0.15, 0.2) is 0 Å². The predicted molar refractivity (Wildman–Crippen MR) is 82.2 cm³/mol. The van der Waals surface area contributed by atoms with Crippen molar-refractivity contribution in [1.29, 1.82) is 0 Å². The lowest BCUT2D eigenvalue weighted by Gasteiger charge is -2.36. The van der Waals surface area contributed by atoms with Crippen LogP contribution in [-0.2, 0) is 9.13 Å². The molecule has 0 bridgehead atoms. The first-order valence-corrected chi connectivity index (χ1v) is 10.6. The maximum absolute atomic E-state index is 11.4. The third-order valence-electron chi connectivity index (χ3n) is 4.06. The minimum Gasteiger partial charge on any atom is -0.368 e. The first-order chi connectivity index (χ1) is 9.37. The van der Waals surface area contributed by atoms with E-state index in [9.17, 15) is 33.8 Å². The zero-order valence-corrected chi connectivity index (χ0v) is 14.6. The van der Waals surface area contributed by atoms with Gasteiger partial charge >= 0.3 is 15.2 Å². The average Bonchev–Trinajstić information content (AvgIpc) is 2.25. The van der Waals surface area contributed by atoms with Crippen molar-refractivity contribution in [3.05, 3.63) is 0 Å². The zero-order chi connectivity index (χ0) is 16.5. The van der Waals surface area contributed by atoms with Crippen molar-refractivity contribution in [2.45, 2.75) is 55.8 Å². The first-order valence-electron chi connectivity index (χ1n) is 6.88. The summed E-state index contributed by atoms with van der Waals surface area (Å²) in [6.07, 6.45) is 3.22. The number of hydrogen-bond acceptors (Lipinski definition) is 4. The second-order valence-corrected chi connectivity index (χ2v) is 10.9. The maximum Gasteiger partial charge on any atom is 0.369 e. The van der Waals surface area contributed by atoms with E-state index in [4.69, 9.17) is 0 Å². The van der Waals surface area contributed by atoms with Crippen LogP contribution in [0.1, 0.15) is 45.4 Å². The molecule has 0 amide bonds. The van der Waals surface area contributed by atoms with Gasteiger partial charge in [0.25, 0.3) is 5.08 Å². The van der Waals surface area contributed by atoms with E-state index in [-0.39, 0.29) is 11.2 Å². The van der Waals surface area contributed by atoms with E-state index in [1.54, 1.807) is 0 Å². The molecule has 126 valence electrons. The minimum absolute atomic E-state index is 0.191. The molecule has 0 heterocycles. The summed E-state index contributed by atoms with van der Waals surface area (Å²) in [4.78, 5) is 36.7. The summed E-state index contributed by atoms with van der Waals surface area (Å²) < 4.78 is 22.7. The van der Waals surface area contributed by atoms with Gasteiger partial charge in [0.05, 0.1) is 0 Å². The van der Waals surface area contributed by atoms with Crippen molar-refractivity contribution in [2.75, 3.05) is 0 Å². The highest BCUT2D eigenvalue weighted by Gasteiger charge is 2.60. The molecule has 10 heteroatoms. The molecule has 7 nitrogen and oxygen atoms in total. The molecule has 0 aliphatic heterocycles. The normalized spacial score (nSPS) is 26.6. The quantitative estimate of drug-likeness (QED) is 0.314. The Morgan fingerprint density at radius 2 is 1.62 bits per heavy atom. The van der Waals surface area contributed by atoms with Crippen LogP contribution in [0.3, 0.4) is 0 Å². The predicted octanol–water partition coefficient (Wildman–Crippen LogP) is 1.89. The highest BCUT2D eigenvalue weighted by molar-refractivity contribution is 7.80. The number of rotatable bonds is 6. The van der Waals surface area contributed by atoms with Crippen LogP contribution in [0.25, 0.3) is 0 Å². The van der Waals surface area contributed by atoms with E-state index in [2.05, 4.69) is 12.6 Å². The van der Waals surface area contributed by atoms with Gasteiger partial charge in [-0.25, -0.2) is 0 Å². The molecule has 0 aromatic heterocycles. The maximum atomic E-state index is 11.4. The highest BCUT2D eigenvalue weighted by Crippen LogP contribution is 2.70. The van der Waals surface area contributed by atoms with Gasteiger partial charge in [0, 0.05) is 6.42 Å². The second-order valence-electron chi connectivity index (χ2n) is 6.05. The van der Waals surface area contributed by atoms with Crippen molar-refractivity contribution in [3.8, 4) is 0 Å². The molecule has 3 unspecified atom stereocenters. The highest BCUT2D eigenvalue weighted by atomic mass is 32.1. The number of aliphatic hydroxyl groups is 1. The molecule has 21 heavy (non-hydrogen) atoms.